The predicted octanol–water partition coefficient (Wildman–Crippen LogP) is 1.84. The maximum Gasteiger partial charge on any atom is 0.573 e. The lowest BCUT2D eigenvalue weighted by Crippen LogP contribution is -2.31. The van der Waals surface area contributed by atoms with Crippen molar-refractivity contribution < 1.29 is 32.0 Å². The topological polar surface area (TPSA) is 115 Å². The maximum absolute atomic E-state index is 12.5. The van der Waals surface area contributed by atoms with E-state index in [1.165, 1.54) is 31.3 Å². The first-order valence-electron chi connectivity index (χ1n) is 7.56. The highest BCUT2D eigenvalue weighted by Gasteiger charge is 2.31. The molecule has 1 heterocycles. The van der Waals surface area contributed by atoms with Crippen molar-refractivity contribution in [3.8, 4) is 5.75 Å². The standard InChI is InChI=1S/C16H16F3N3O4S/c1-9(23)7-22-15(24)14-13(20)6-12(8-21-14)27(25)11-4-2-10(3-5-11)26-16(17,18)19/h2-6,8-9,23H,7,20H2,1H3,(H,22,24). The zero-order chi connectivity index (χ0) is 20.2. The number of aliphatic hydroxyl groups is 1. The van der Waals surface area contributed by atoms with Gasteiger partial charge in [-0.3, -0.25) is 4.79 Å². The number of nitrogens with one attached hydrogen (secondary N) is 1. The number of hydrogen-bond acceptors (Lipinski definition) is 6. The van der Waals surface area contributed by atoms with Crippen LogP contribution in [-0.4, -0.2) is 39.2 Å². The molecule has 7 nitrogen and oxygen atoms in total. The van der Waals surface area contributed by atoms with Crippen LogP contribution >= 0.6 is 0 Å². The fourth-order valence-electron chi connectivity index (χ4n) is 1.98. The highest BCUT2D eigenvalue weighted by atomic mass is 32.2. The van der Waals surface area contributed by atoms with Crippen LogP contribution in [0.2, 0.25) is 0 Å². The van der Waals surface area contributed by atoms with E-state index in [9.17, 15) is 22.2 Å². The smallest absolute Gasteiger partial charge is 0.406 e. The Balaban J connectivity index is 2.15. The minimum atomic E-state index is -4.82. The van der Waals surface area contributed by atoms with Crippen molar-refractivity contribution in [2.45, 2.75) is 29.2 Å². The van der Waals surface area contributed by atoms with E-state index in [-0.39, 0.29) is 27.7 Å². The van der Waals surface area contributed by atoms with Crippen molar-refractivity contribution in [3.63, 3.8) is 0 Å². The van der Waals surface area contributed by atoms with Gasteiger partial charge < -0.3 is 20.9 Å². The lowest BCUT2D eigenvalue weighted by molar-refractivity contribution is -0.274. The molecule has 0 aliphatic rings. The largest absolute Gasteiger partial charge is 0.573 e. The molecule has 11 heteroatoms. The van der Waals surface area contributed by atoms with Gasteiger partial charge in [-0.05, 0) is 37.3 Å². The number of benzene rings is 1. The van der Waals surface area contributed by atoms with Crippen LogP contribution < -0.4 is 15.8 Å². The summed E-state index contributed by atoms with van der Waals surface area (Å²) >= 11 is 0. The summed E-state index contributed by atoms with van der Waals surface area (Å²) in [6.45, 7) is 1.51. The second-order valence-corrected chi connectivity index (χ2v) is 6.94. The zero-order valence-corrected chi connectivity index (χ0v) is 14.8. The number of aliphatic hydroxyl groups excluding tert-OH is 1. The molecule has 2 aromatic rings. The number of nitrogens with zero attached hydrogens (tertiary/aromatic N) is 1. The summed E-state index contributed by atoms with van der Waals surface area (Å²) in [6.07, 6.45) is -4.38. The minimum Gasteiger partial charge on any atom is -0.406 e. The van der Waals surface area contributed by atoms with Crippen molar-refractivity contribution in [2.24, 2.45) is 0 Å². The van der Waals surface area contributed by atoms with Crippen LogP contribution in [0.25, 0.3) is 0 Å². The van der Waals surface area contributed by atoms with E-state index in [2.05, 4.69) is 15.0 Å². The molecule has 2 unspecified atom stereocenters. The van der Waals surface area contributed by atoms with Crippen LogP contribution in [0.5, 0.6) is 5.75 Å². The molecule has 0 saturated carbocycles. The average molecular weight is 403 g/mol. The molecule has 0 aliphatic carbocycles. The molecule has 1 aromatic heterocycles. The van der Waals surface area contributed by atoms with Crippen molar-refractivity contribution in [1.82, 2.24) is 10.3 Å². The van der Waals surface area contributed by atoms with E-state index in [0.717, 1.165) is 12.1 Å². The summed E-state index contributed by atoms with van der Waals surface area (Å²) in [5.74, 6) is -1.04. The van der Waals surface area contributed by atoms with Crippen molar-refractivity contribution in [2.75, 3.05) is 12.3 Å². The second-order valence-electron chi connectivity index (χ2n) is 5.46. The molecular weight excluding hydrogens is 387 g/mol. The number of anilines is 1. The molecule has 0 radical (unpaired) electrons. The van der Waals surface area contributed by atoms with Gasteiger partial charge in [-0.15, -0.1) is 13.2 Å². The van der Waals surface area contributed by atoms with Gasteiger partial charge >= 0.3 is 6.36 Å². The average Bonchev–Trinajstić information content (AvgIpc) is 2.58. The number of rotatable bonds is 6. The number of carbonyl (C=O) groups excluding carboxylic acids is 1. The first kappa shape index (κ1) is 20.6. The SMILES string of the molecule is CC(O)CNC(=O)c1ncc(S(=O)c2ccc(OC(F)(F)F)cc2)cc1N. The first-order chi connectivity index (χ1) is 12.6. The number of alkyl halides is 3. The van der Waals surface area contributed by atoms with Gasteiger partial charge in [0.25, 0.3) is 5.91 Å². The summed E-state index contributed by atoms with van der Waals surface area (Å²) in [4.78, 5) is 16.2. The van der Waals surface area contributed by atoms with E-state index < -0.39 is 34.9 Å². The van der Waals surface area contributed by atoms with E-state index >= 15 is 0 Å². The fourth-order valence-corrected chi connectivity index (χ4v) is 3.02. The summed E-state index contributed by atoms with van der Waals surface area (Å²) in [7, 11) is -1.77. The third-order valence-corrected chi connectivity index (χ3v) is 4.50. The van der Waals surface area contributed by atoms with Gasteiger partial charge in [-0.1, -0.05) is 0 Å². The molecule has 2 atom stereocenters. The number of ether oxygens (including phenoxy) is 1. The molecule has 1 aromatic carbocycles. The van der Waals surface area contributed by atoms with Gasteiger partial charge in [0.1, 0.15) is 5.75 Å². The highest BCUT2D eigenvalue weighted by molar-refractivity contribution is 7.85. The Kier molecular flexibility index (Phi) is 6.39. The van der Waals surface area contributed by atoms with E-state index in [0.29, 0.717) is 0 Å². The van der Waals surface area contributed by atoms with Crippen LogP contribution in [0.4, 0.5) is 18.9 Å². The Labute approximate surface area is 154 Å². The Hall–Kier alpha value is -2.66. The first-order valence-corrected chi connectivity index (χ1v) is 8.71. The molecule has 146 valence electrons. The maximum atomic E-state index is 12.5. The number of nitrogen functional groups attached to an aromatic ring is 1. The van der Waals surface area contributed by atoms with Gasteiger partial charge in [0.05, 0.1) is 27.5 Å². The van der Waals surface area contributed by atoms with Crippen molar-refractivity contribution in [1.29, 1.82) is 0 Å². The van der Waals surface area contributed by atoms with Crippen LogP contribution in [0, 0.1) is 0 Å². The summed E-state index contributed by atoms with van der Waals surface area (Å²) < 4.78 is 52.7. The molecule has 1 amide bonds. The number of amides is 1. The number of halogens is 3. The zero-order valence-electron chi connectivity index (χ0n) is 14.0. The minimum absolute atomic E-state index is 0.0139. The predicted molar refractivity (Wildman–Crippen MR) is 90.5 cm³/mol. The monoisotopic (exact) mass is 403 g/mol. The molecule has 0 saturated heterocycles. The molecule has 0 bridgehead atoms. The van der Waals surface area contributed by atoms with E-state index in [4.69, 9.17) is 10.8 Å². The Morgan fingerprint density at radius 3 is 2.48 bits per heavy atom. The van der Waals surface area contributed by atoms with Crippen molar-refractivity contribution >= 4 is 22.4 Å². The van der Waals surface area contributed by atoms with Gasteiger partial charge in [-0.25, -0.2) is 9.19 Å². The van der Waals surface area contributed by atoms with Crippen LogP contribution in [0.3, 0.4) is 0 Å². The Morgan fingerprint density at radius 1 is 1.33 bits per heavy atom. The van der Waals surface area contributed by atoms with Gasteiger partial charge in [0.2, 0.25) is 0 Å². The fraction of sp³-hybridized carbons (Fsp3) is 0.250. The normalized spacial score (nSPS) is 13.7. The van der Waals surface area contributed by atoms with Gasteiger partial charge in [0.15, 0.2) is 5.69 Å². The number of carbonyl (C=O) groups is 1. The molecule has 2 rings (SSSR count). The highest BCUT2D eigenvalue weighted by Crippen LogP contribution is 2.25. The number of hydrogen-bond donors (Lipinski definition) is 3. The number of aromatic nitrogens is 1. The number of nitrogens with two attached hydrogens (primary N) is 1. The lowest BCUT2D eigenvalue weighted by Gasteiger charge is -2.10. The molecule has 4 N–H and O–H groups in total. The molecule has 0 fully saturated rings. The molecular formula is C16H16F3N3O4S. The van der Waals surface area contributed by atoms with Crippen molar-refractivity contribution in [3.05, 3.63) is 42.2 Å². The lowest BCUT2D eigenvalue weighted by atomic mass is 10.3. The van der Waals surface area contributed by atoms with Crippen LogP contribution in [0.1, 0.15) is 17.4 Å². The summed E-state index contributed by atoms with van der Waals surface area (Å²) in [6, 6.07) is 5.80. The Morgan fingerprint density at radius 2 is 1.96 bits per heavy atom. The molecule has 0 aliphatic heterocycles. The third-order valence-electron chi connectivity index (χ3n) is 3.15. The molecule has 27 heavy (non-hydrogen) atoms. The number of pyridine rings is 1. The van der Waals surface area contributed by atoms with Gasteiger partial charge in [0, 0.05) is 17.6 Å². The van der Waals surface area contributed by atoms with E-state index in [1.54, 1.807) is 0 Å². The van der Waals surface area contributed by atoms with Crippen LogP contribution in [0.15, 0.2) is 46.3 Å². The quantitative estimate of drug-likeness (QED) is 0.678. The third kappa shape index (κ3) is 5.93. The molecule has 0 spiro atoms. The second kappa shape index (κ2) is 8.35. The Bertz CT molecular complexity index is 842. The van der Waals surface area contributed by atoms with Gasteiger partial charge in [-0.2, -0.15) is 0 Å². The van der Waals surface area contributed by atoms with Crippen LogP contribution in [-0.2, 0) is 10.8 Å². The van der Waals surface area contributed by atoms with E-state index in [1.807, 2.05) is 0 Å². The summed E-state index contributed by atoms with van der Waals surface area (Å²) in [5.41, 5.74) is 5.65. The summed E-state index contributed by atoms with van der Waals surface area (Å²) in [5, 5.41) is 11.6.